The van der Waals surface area contributed by atoms with Crippen LogP contribution in [0.15, 0.2) is 12.7 Å². The highest BCUT2D eigenvalue weighted by atomic mass is 16.5. The number of carbonyl (C=O) groups excluding carboxylic acids is 1. The number of hydrogen-bond acceptors (Lipinski definition) is 6. The fraction of sp³-hybridized carbons (Fsp3) is 0.571. The number of anilines is 1. The zero-order chi connectivity index (χ0) is 15.8. The first-order valence-electron chi connectivity index (χ1n) is 7.72. The summed E-state index contributed by atoms with van der Waals surface area (Å²) < 4.78 is 7.13. The van der Waals surface area contributed by atoms with Crippen LogP contribution in [0.2, 0.25) is 0 Å². The van der Waals surface area contributed by atoms with Gasteiger partial charge in [-0.25, -0.2) is 19.7 Å². The molecule has 0 saturated carbocycles. The molecule has 0 spiro atoms. The maximum atomic E-state index is 12.2. The van der Waals surface area contributed by atoms with E-state index in [1.807, 2.05) is 11.6 Å². The molecule has 4 heterocycles. The first kappa shape index (κ1) is 14.2. The minimum absolute atomic E-state index is 0.0105. The lowest BCUT2D eigenvalue weighted by Crippen LogP contribution is -2.62. The monoisotopic (exact) mass is 317 g/mol. The van der Waals surface area contributed by atoms with E-state index in [4.69, 9.17) is 4.74 Å². The molecule has 0 bridgehead atoms. The van der Waals surface area contributed by atoms with E-state index in [0.29, 0.717) is 26.3 Å². The van der Waals surface area contributed by atoms with E-state index in [2.05, 4.69) is 25.2 Å². The third-order valence-electron chi connectivity index (χ3n) is 4.28. The van der Waals surface area contributed by atoms with E-state index in [0.717, 1.165) is 30.1 Å². The van der Waals surface area contributed by atoms with Crippen molar-refractivity contribution in [3.05, 3.63) is 12.7 Å². The molecule has 0 unspecified atom stereocenters. The van der Waals surface area contributed by atoms with Crippen molar-refractivity contribution in [2.24, 2.45) is 7.05 Å². The molecular weight excluding hydrogens is 298 g/mol. The molecule has 2 amide bonds. The van der Waals surface area contributed by atoms with E-state index in [1.54, 1.807) is 17.6 Å². The Morgan fingerprint density at radius 3 is 2.83 bits per heavy atom. The van der Waals surface area contributed by atoms with Crippen molar-refractivity contribution in [1.29, 1.82) is 0 Å². The number of imidazole rings is 1. The van der Waals surface area contributed by atoms with Crippen LogP contribution in [0.5, 0.6) is 0 Å². The molecule has 2 fully saturated rings. The second-order valence-electron chi connectivity index (χ2n) is 5.88. The van der Waals surface area contributed by atoms with Crippen LogP contribution in [0, 0.1) is 0 Å². The molecule has 2 aliphatic heterocycles. The van der Waals surface area contributed by atoms with Crippen molar-refractivity contribution >= 4 is 23.0 Å². The lowest BCUT2D eigenvalue weighted by Gasteiger charge is -2.41. The largest absolute Gasteiger partial charge is 0.378 e. The first-order valence-corrected chi connectivity index (χ1v) is 7.72. The molecule has 4 rings (SSSR count). The fourth-order valence-corrected chi connectivity index (χ4v) is 2.94. The average molecular weight is 317 g/mol. The highest BCUT2D eigenvalue weighted by Crippen LogP contribution is 2.25. The number of amides is 2. The Hall–Kier alpha value is -2.42. The quantitative estimate of drug-likeness (QED) is 0.810. The van der Waals surface area contributed by atoms with Gasteiger partial charge in [-0.15, -0.1) is 0 Å². The molecule has 2 aromatic heterocycles. The minimum Gasteiger partial charge on any atom is -0.378 e. The SMILES string of the molecule is Cn1cnc2c(N3CC(NC(=O)N4CCOCC4)C3)ncnc21. The predicted molar refractivity (Wildman–Crippen MR) is 83.2 cm³/mol. The summed E-state index contributed by atoms with van der Waals surface area (Å²) in [5, 5.41) is 3.06. The van der Waals surface area contributed by atoms with Crippen LogP contribution in [0.4, 0.5) is 10.6 Å². The van der Waals surface area contributed by atoms with Gasteiger partial charge < -0.3 is 24.4 Å². The number of fused-ring (bicyclic) bond motifs is 1. The van der Waals surface area contributed by atoms with Crippen LogP contribution in [0.25, 0.3) is 11.2 Å². The number of carbonyl (C=O) groups is 1. The number of urea groups is 1. The van der Waals surface area contributed by atoms with Gasteiger partial charge in [-0.05, 0) is 0 Å². The van der Waals surface area contributed by atoms with E-state index in [1.165, 1.54) is 0 Å². The lowest BCUT2D eigenvalue weighted by molar-refractivity contribution is 0.0522. The Bertz CT molecular complexity index is 719. The molecule has 9 nitrogen and oxygen atoms in total. The third kappa shape index (κ3) is 2.56. The maximum Gasteiger partial charge on any atom is 0.317 e. The smallest absolute Gasteiger partial charge is 0.317 e. The van der Waals surface area contributed by atoms with Crippen LogP contribution in [-0.2, 0) is 11.8 Å². The van der Waals surface area contributed by atoms with Crippen molar-refractivity contribution in [3.8, 4) is 0 Å². The zero-order valence-corrected chi connectivity index (χ0v) is 13.0. The van der Waals surface area contributed by atoms with Gasteiger partial charge in [0.2, 0.25) is 0 Å². The number of nitrogens with one attached hydrogen (secondary N) is 1. The number of ether oxygens (including phenoxy) is 1. The van der Waals surface area contributed by atoms with Crippen LogP contribution in [0.3, 0.4) is 0 Å². The summed E-state index contributed by atoms with van der Waals surface area (Å²) in [5.74, 6) is 0.826. The molecule has 0 atom stereocenters. The summed E-state index contributed by atoms with van der Waals surface area (Å²) in [6.07, 6.45) is 3.29. The maximum absolute atomic E-state index is 12.2. The number of hydrogen-bond donors (Lipinski definition) is 1. The number of aromatic nitrogens is 4. The van der Waals surface area contributed by atoms with Gasteiger partial charge >= 0.3 is 6.03 Å². The molecule has 0 radical (unpaired) electrons. The highest BCUT2D eigenvalue weighted by molar-refractivity contribution is 5.84. The third-order valence-corrected chi connectivity index (χ3v) is 4.28. The average Bonchev–Trinajstić information content (AvgIpc) is 2.93. The molecule has 9 heteroatoms. The Morgan fingerprint density at radius 2 is 2.04 bits per heavy atom. The topological polar surface area (TPSA) is 88.4 Å². The van der Waals surface area contributed by atoms with Gasteiger partial charge in [-0.2, -0.15) is 0 Å². The molecule has 2 saturated heterocycles. The number of rotatable bonds is 2. The molecule has 1 N–H and O–H groups in total. The summed E-state index contributed by atoms with van der Waals surface area (Å²) in [6.45, 7) is 4.01. The Balaban J connectivity index is 1.38. The van der Waals surface area contributed by atoms with Gasteiger partial charge in [-0.1, -0.05) is 0 Å². The lowest BCUT2D eigenvalue weighted by atomic mass is 10.1. The zero-order valence-electron chi connectivity index (χ0n) is 13.0. The van der Waals surface area contributed by atoms with Gasteiger partial charge in [-0.3, -0.25) is 0 Å². The van der Waals surface area contributed by atoms with Crippen molar-refractivity contribution < 1.29 is 9.53 Å². The Morgan fingerprint density at radius 1 is 1.26 bits per heavy atom. The molecule has 2 aliphatic rings. The second-order valence-corrected chi connectivity index (χ2v) is 5.88. The summed E-state index contributed by atoms with van der Waals surface area (Å²) in [7, 11) is 1.91. The van der Waals surface area contributed by atoms with Gasteiger partial charge in [0.05, 0.1) is 25.6 Å². The highest BCUT2D eigenvalue weighted by Gasteiger charge is 2.32. The second kappa shape index (κ2) is 5.65. The minimum atomic E-state index is -0.0105. The van der Waals surface area contributed by atoms with Crippen LogP contribution < -0.4 is 10.2 Å². The summed E-state index contributed by atoms with van der Waals surface area (Å²) >= 11 is 0. The van der Waals surface area contributed by atoms with Crippen molar-refractivity contribution in [2.45, 2.75) is 6.04 Å². The summed E-state index contributed by atoms with van der Waals surface area (Å²) in [5.41, 5.74) is 1.61. The van der Waals surface area contributed by atoms with Crippen LogP contribution in [-0.4, -0.2) is 75.9 Å². The van der Waals surface area contributed by atoms with Crippen molar-refractivity contribution in [1.82, 2.24) is 29.7 Å². The van der Waals surface area contributed by atoms with Crippen molar-refractivity contribution in [2.75, 3.05) is 44.3 Å². The van der Waals surface area contributed by atoms with E-state index in [9.17, 15) is 4.79 Å². The molecule has 0 aliphatic carbocycles. The van der Waals surface area contributed by atoms with Crippen LogP contribution in [0.1, 0.15) is 0 Å². The molecular formula is C14H19N7O2. The molecule has 23 heavy (non-hydrogen) atoms. The van der Waals surface area contributed by atoms with Gasteiger partial charge in [0.15, 0.2) is 17.0 Å². The Labute approximate surface area is 133 Å². The normalized spacial score (nSPS) is 19.0. The standard InChI is InChI=1S/C14H19N7O2/c1-19-9-17-11-12(19)15-8-16-13(11)21-6-10(7-21)18-14(22)20-2-4-23-5-3-20/h8-10H,2-7H2,1H3,(H,18,22). The number of aryl methyl sites for hydroxylation is 1. The van der Waals surface area contributed by atoms with E-state index < -0.39 is 0 Å². The summed E-state index contributed by atoms with van der Waals surface area (Å²) in [6, 6.07) is 0.127. The van der Waals surface area contributed by atoms with Gasteiger partial charge in [0, 0.05) is 33.2 Å². The predicted octanol–water partition coefficient (Wildman–Crippen LogP) is -0.406. The van der Waals surface area contributed by atoms with Crippen LogP contribution >= 0.6 is 0 Å². The van der Waals surface area contributed by atoms with E-state index in [-0.39, 0.29) is 12.1 Å². The van der Waals surface area contributed by atoms with Gasteiger partial charge in [0.25, 0.3) is 0 Å². The van der Waals surface area contributed by atoms with Gasteiger partial charge in [0.1, 0.15) is 6.33 Å². The molecule has 2 aromatic rings. The number of morpholine rings is 1. The Kier molecular flexibility index (Phi) is 3.49. The molecule has 122 valence electrons. The first-order chi connectivity index (χ1) is 11.2. The molecule has 0 aromatic carbocycles. The fourth-order valence-electron chi connectivity index (χ4n) is 2.94. The van der Waals surface area contributed by atoms with E-state index >= 15 is 0 Å². The number of nitrogens with zero attached hydrogens (tertiary/aromatic N) is 6. The summed E-state index contributed by atoms with van der Waals surface area (Å²) in [4.78, 5) is 29.0. The van der Waals surface area contributed by atoms with Crippen molar-refractivity contribution in [3.63, 3.8) is 0 Å².